The third-order valence-electron chi connectivity index (χ3n) is 4.97. The lowest BCUT2D eigenvalue weighted by Crippen LogP contribution is -2.39. The summed E-state index contributed by atoms with van der Waals surface area (Å²) in [5.41, 5.74) is 1.42. The minimum atomic E-state index is -0.0764. The minimum absolute atomic E-state index is 0.0722. The van der Waals surface area contributed by atoms with Crippen LogP contribution in [0.1, 0.15) is 24.8 Å². The molecule has 1 aliphatic heterocycles. The number of ether oxygens (including phenoxy) is 1. The van der Waals surface area contributed by atoms with E-state index in [0.717, 1.165) is 38.9 Å². The standard InChI is InChI=1S/C18H23NO2/c1-21-17(20)16-9-5-6-10-18(16)11-12-19(14-18)13-15-7-3-2-4-8-15/h2-5,7-9,16H,6,10-14H2,1H3/t16-,18-/m0/s1. The molecule has 0 aromatic heterocycles. The molecule has 0 bridgehead atoms. The van der Waals surface area contributed by atoms with Gasteiger partial charge in [-0.1, -0.05) is 42.5 Å². The Balaban J connectivity index is 1.72. The average Bonchev–Trinajstić information content (AvgIpc) is 2.91. The maximum Gasteiger partial charge on any atom is 0.313 e. The second-order valence-corrected chi connectivity index (χ2v) is 6.28. The third kappa shape index (κ3) is 2.88. The van der Waals surface area contributed by atoms with E-state index in [4.69, 9.17) is 4.74 Å². The van der Waals surface area contributed by atoms with E-state index in [0.29, 0.717) is 0 Å². The van der Waals surface area contributed by atoms with Crippen LogP contribution >= 0.6 is 0 Å². The lowest BCUT2D eigenvalue weighted by Gasteiger charge is -2.36. The minimum Gasteiger partial charge on any atom is -0.469 e. The number of hydrogen-bond donors (Lipinski definition) is 0. The topological polar surface area (TPSA) is 29.5 Å². The van der Waals surface area contributed by atoms with E-state index in [2.05, 4.69) is 41.3 Å². The van der Waals surface area contributed by atoms with Gasteiger partial charge in [0.2, 0.25) is 0 Å². The van der Waals surface area contributed by atoms with Crippen molar-refractivity contribution < 1.29 is 9.53 Å². The monoisotopic (exact) mass is 285 g/mol. The summed E-state index contributed by atoms with van der Waals surface area (Å²) >= 11 is 0. The van der Waals surface area contributed by atoms with Gasteiger partial charge in [-0.3, -0.25) is 9.69 Å². The number of likely N-dealkylation sites (tertiary alicyclic amines) is 1. The van der Waals surface area contributed by atoms with Crippen LogP contribution in [0.25, 0.3) is 0 Å². The van der Waals surface area contributed by atoms with Gasteiger partial charge in [-0.2, -0.15) is 0 Å². The van der Waals surface area contributed by atoms with Crippen LogP contribution in [0, 0.1) is 11.3 Å². The van der Waals surface area contributed by atoms with Gasteiger partial charge in [0, 0.05) is 18.5 Å². The van der Waals surface area contributed by atoms with Crippen molar-refractivity contribution >= 4 is 5.97 Å². The summed E-state index contributed by atoms with van der Waals surface area (Å²) < 4.78 is 5.02. The van der Waals surface area contributed by atoms with E-state index in [-0.39, 0.29) is 17.3 Å². The normalized spacial score (nSPS) is 28.9. The van der Waals surface area contributed by atoms with Gasteiger partial charge in [0.25, 0.3) is 0 Å². The number of methoxy groups -OCH3 is 1. The molecule has 0 amide bonds. The fourth-order valence-corrected chi connectivity index (χ4v) is 3.84. The molecule has 1 saturated heterocycles. The fraction of sp³-hybridized carbons (Fsp3) is 0.500. The van der Waals surface area contributed by atoms with Crippen LogP contribution in [0.5, 0.6) is 0 Å². The molecule has 0 saturated carbocycles. The van der Waals surface area contributed by atoms with E-state index >= 15 is 0 Å². The fourth-order valence-electron chi connectivity index (χ4n) is 3.84. The van der Waals surface area contributed by atoms with E-state index in [1.165, 1.54) is 12.7 Å². The highest BCUT2D eigenvalue weighted by Crippen LogP contribution is 2.46. The zero-order chi connectivity index (χ0) is 14.7. The number of rotatable bonds is 3. The van der Waals surface area contributed by atoms with Gasteiger partial charge in [0.05, 0.1) is 13.0 Å². The molecule has 3 rings (SSSR count). The van der Waals surface area contributed by atoms with E-state index in [9.17, 15) is 4.79 Å². The summed E-state index contributed by atoms with van der Waals surface area (Å²) in [6.45, 7) is 3.03. The van der Waals surface area contributed by atoms with Gasteiger partial charge in [-0.25, -0.2) is 0 Å². The van der Waals surface area contributed by atoms with Gasteiger partial charge in [-0.15, -0.1) is 0 Å². The summed E-state index contributed by atoms with van der Waals surface area (Å²) in [7, 11) is 1.50. The van der Waals surface area contributed by atoms with E-state index in [1.807, 2.05) is 6.07 Å². The SMILES string of the molecule is COC(=O)[C@@H]1C=CCC[C@@]12CCN(Cc1ccccc1)C2. The van der Waals surface area contributed by atoms with Gasteiger partial charge >= 0.3 is 5.97 Å². The van der Waals surface area contributed by atoms with Crippen molar-refractivity contribution in [3.05, 3.63) is 48.0 Å². The Morgan fingerprint density at radius 1 is 1.33 bits per heavy atom. The van der Waals surface area contributed by atoms with Crippen molar-refractivity contribution in [2.45, 2.75) is 25.8 Å². The third-order valence-corrected chi connectivity index (χ3v) is 4.97. The molecule has 1 spiro atoms. The molecule has 1 aromatic carbocycles. The molecule has 1 heterocycles. The van der Waals surface area contributed by atoms with Crippen LogP contribution in [0.15, 0.2) is 42.5 Å². The van der Waals surface area contributed by atoms with Crippen LogP contribution in [0.4, 0.5) is 0 Å². The van der Waals surface area contributed by atoms with Crippen LogP contribution in [-0.2, 0) is 16.1 Å². The summed E-state index contributed by atoms with van der Waals surface area (Å²) in [6.07, 6.45) is 7.46. The first-order valence-electron chi connectivity index (χ1n) is 7.74. The number of allylic oxidation sites excluding steroid dienone is 1. The predicted molar refractivity (Wildman–Crippen MR) is 82.6 cm³/mol. The number of esters is 1. The van der Waals surface area contributed by atoms with Crippen LogP contribution in [0.3, 0.4) is 0 Å². The molecule has 1 aliphatic carbocycles. The Morgan fingerprint density at radius 3 is 2.90 bits per heavy atom. The van der Waals surface area contributed by atoms with Crippen molar-refractivity contribution in [1.82, 2.24) is 4.90 Å². The highest BCUT2D eigenvalue weighted by atomic mass is 16.5. The Bertz CT molecular complexity index is 525. The van der Waals surface area contributed by atoms with Crippen molar-refractivity contribution in [2.75, 3.05) is 20.2 Å². The van der Waals surface area contributed by atoms with E-state index in [1.54, 1.807) is 0 Å². The van der Waals surface area contributed by atoms with Gasteiger partial charge < -0.3 is 4.74 Å². The molecule has 2 atom stereocenters. The van der Waals surface area contributed by atoms with Crippen molar-refractivity contribution in [3.63, 3.8) is 0 Å². The van der Waals surface area contributed by atoms with Gasteiger partial charge in [0.1, 0.15) is 0 Å². The van der Waals surface area contributed by atoms with Gasteiger partial charge in [-0.05, 0) is 31.4 Å². The molecule has 0 unspecified atom stereocenters. The molecule has 1 fully saturated rings. The molecule has 3 nitrogen and oxygen atoms in total. The molecule has 112 valence electrons. The molecular weight excluding hydrogens is 262 g/mol. The summed E-state index contributed by atoms with van der Waals surface area (Å²) in [4.78, 5) is 14.6. The van der Waals surface area contributed by atoms with Crippen LogP contribution in [-0.4, -0.2) is 31.1 Å². The molecular formula is C18H23NO2. The number of benzene rings is 1. The van der Waals surface area contributed by atoms with Crippen LogP contribution < -0.4 is 0 Å². The maximum atomic E-state index is 12.1. The second kappa shape index (κ2) is 6.02. The number of nitrogens with zero attached hydrogens (tertiary/aromatic N) is 1. The van der Waals surface area contributed by atoms with Crippen molar-refractivity contribution in [3.8, 4) is 0 Å². The molecule has 0 N–H and O–H groups in total. The Kier molecular flexibility index (Phi) is 4.11. The first kappa shape index (κ1) is 14.3. The molecule has 0 radical (unpaired) electrons. The quantitative estimate of drug-likeness (QED) is 0.631. The largest absolute Gasteiger partial charge is 0.469 e. The lowest BCUT2D eigenvalue weighted by atomic mass is 9.68. The van der Waals surface area contributed by atoms with Crippen molar-refractivity contribution in [1.29, 1.82) is 0 Å². The predicted octanol–water partition coefficient (Wildman–Crippen LogP) is 3.02. The smallest absolute Gasteiger partial charge is 0.313 e. The summed E-state index contributed by atoms with van der Waals surface area (Å²) in [5, 5.41) is 0. The highest BCUT2D eigenvalue weighted by Gasteiger charge is 2.47. The first-order valence-corrected chi connectivity index (χ1v) is 7.74. The zero-order valence-corrected chi connectivity index (χ0v) is 12.6. The molecule has 1 aromatic rings. The molecule has 21 heavy (non-hydrogen) atoms. The molecule has 2 aliphatic rings. The van der Waals surface area contributed by atoms with Gasteiger partial charge in [0.15, 0.2) is 0 Å². The van der Waals surface area contributed by atoms with E-state index < -0.39 is 0 Å². The Hall–Kier alpha value is -1.61. The van der Waals surface area contributed by atoms with Crippen molar-refractivity contribution in [2.24, 2.45) is 11.3 Å². The number of hydrogen-bond acceptors (Lipinski definition) is 3. The lowest BCUT2D eigenvalue weighted by molar-refractivity contribution is -0.148. The zero-order valence-electron chi connectivity index (χ0n) is 12.6. The highest BCUT2D eigenvalue weighted by molar-refractivity contribution is 5.75. The summed E-state index contributed by atoms with van der Waals surface area (Å²) in [5.74, 6) is -0.149. The molecule has 3 heteroatoms. The second-order valence-electron chi connectivity index (χ2n) is 6.28. The Morgan fingerprint density at radius 2 is 2.14 bits per heavy atom. The summed E-state index contributed by atoms with van der Waals surface area (Å²) in [6, 6.07) is 10.6. The first-order chi connectivity index (χ1) is 10.2. The average molecular weight is 285 g/mol. The number of carbonyl (C=O) groups excluding carboxylic acids is 1. The Labute approximate surface area is 126 Å². The number of carbonyl (C=O) groups is 1. The van der Waals surface area contributed by atoms with Crippen LogP contribution in [0.2, 0.25) is 0 Å². The maximum absolute atomic E-state index is 12.1.